The summed E-state index contributed by atoms with van der Waals surface area (Å²) in [6.45, 7) is 3.99. The van der Waals surface area contributed by atoms with Crippen molar-refractivity contribution < 1.29 is 9.53 Å². The van der Waals surface area contributed by atoms with Gasteiger partial charge in [0.25, 0.3) is 0 Å². The van der Waals surface area contributed by atoms with Gasteiger partial charge >= 0.3 is 0 Å². The predicted molar refractivity (Wildman–Crippen MR) is 110 cm³/mol. The standard InChI is InChI=1S/C21H26N6O2/c1-13-16(11-25(13)2)12-29-18-10-22-26(3)20(18)15-6-7-27-17(8-15)9-19(24-27)23-21(28)14-4-5-14/h6-10,13-14,16H,4-5,11-12H2,1-3H3,(H,23,24,28)/t13-,16-/m1/s1. The summed E-state index contributed by atoms with van der Waals surface area (Å²) >= 11 is 0. The van der Waals surface area contributed by atoms with Crippen LogP contribution < -0.4 is 10.1 Å². The molecule has 0 unspecified atom stereocenters. The lowest BCUT2D eigenvalue weighted by molar-refractivity contribution is -0.117. The van der Waals surface area contributed by atoms with Gasteiger partial charge in [0, 0.05) is 49.3 Å². The van der Waals surface area contributed by atoms with Crippen molar-refractivity contribution in [3.63, 3.8) is 0 Å². The molecule has 2 fully saturated rings. The quantitative estimate of drug-likeness (QED) is 0.695. The number of pyridine rings is 1. The molecule has 4 heterocycles. The van der Waals surface area contributed by atoms with Crippen LogP contribution in [0.1, 0.15) is 19.8 Å². The molecule has 0 radical (unpaired) electrons. The van der Waals surface area contributed by atoms with E-state index in [9.17, 15) is 4.79 Å². The van der Waals surface area contributed by atoms with E-state index in [1.54, 1.807) is 10.7 Å². The Balaban J connectivity index is 1.37. The molecule has 1 aliphatic heterocycles. The Morgan fingerprint density at radius 3 is 2.86 bits per heavy atom. The maximum absolute atomic E-state index is 12.0. The van der Waals surface area contributed by atoms with Gasteiger partial charge in [-0.05, 0) is 38.9 Å². The van der Waals surface area contributed by atoms with Gasteiger partial charge in [-0.2, -0.15) is 10.2 Å². The van der Waals surface area contributed by atoms with Crippen molar-refractivity contribution in [2.75, 3.05) is 25.5 Å². The number of carbonyl (C=O) groups excluding carboxylic acids is 1. The van der Waals surface area contributed by atoms with Gasteiger partial charge in [0.2, 0.25) is 5.91 Å². The molecule has 1 saturated heterocycles. The molecule has 3 aromatic heterocycles. The van der Waals surface area contributed by atoms with Crippen LogP contribution in [-0.4, -0.2) is 56.4 Å². The zero-order valence-corrected chi connectivity index (χ0v) is 17.0. The number of ether oxygens (including phenoxy) is 1. The van der Waals surface area contributed by atoms with Crippen LogP contribution >= 0.6 is 0 Å². The van der Waals surface area contributed by atoms with Crippen molar-refractivity contribution in [1.29, 1.82) is 0 Å². The average Bonchev–Trinajstić information content (AvgIpc) is 3.39. The predicted octanol–water partition coefficient (Wildman–Crippen LogP) is 2.41. The van der Waals surface area contributed by atoms with Crippen LogP contribution in [0.4, 0.5) is 5.82 Å². The minimum Gasteiger partial charge on any atom is -0.489 e. The molecule has 1 amide bonds. The molecule has 29 heavy (non-hydrogen) atoms. The molecular formula is C21H26N6O2. The molecule has 2 atom stereocenters. The number of hydrogen-bond acceptors (Lipinski definition) is 5. The Bertz CT molecular complexity index is 1070. The van der Waals surface area contributed by atoms with Crippen molar-refractivity contribution in [3.05, 3.63) is 30.6 Å². The Hall–Kier alpha value is -2.87. The van der Waals surface area contributed by atoms with Crippen LogP contribution in [0.3, 0.4) is 0 Å². The van der Waals surface area contributed by atoms with Crippen molar-refractivity contribution in [2.45, 2.75) is 25.8 Å². The maximum atomic E-state index is 12.0. The van der Waals surface area contributed by atoms with Crippen molar-refractivity contribution in [2.24, 2.45) is 18.9 Å². The normalized spacial score (nSPS) is 21.9. The first-order valence-corrected chi connectivity index (χ1v) is 10.2. The molecule has 0 bridgehead atoms. The summed E-state index contributed by atoms with van der Waals surface area (Å²) in [4.78, 5) is 14.3. The summed E-state index contributed by atoms with van der Waals surface area (Å²) < 4.78 is 9.76. The number of aromatic nitrogens is 4. The highest BCUT2D eigenvalue weighted by Crippen LogP contribution is 2.33. The fourth-order valence-corrected chi connectivity index (χ4v) is 3.93. The number of fused-ring (bicyclic) bond motifs is 1. The summed E-state index contributed by atoms with van der Waals surface area (Å²) in [7, 11) is 4.06. The molecule has 5 rings (SSSR count). The molecule has 0 spiro atoms. The number of likely N-dealkylation sites (tertiary alicyclic amines) is 1. The number of nitrogens with zero attached hydrogens (tertiary/aromatic N) is 5. The number of aryl methyl sites for hydroxylation is 1. The second-order valence-electron chi connectivity index (χ2n) is 8.31. The Morgan fingerprint density at radius 2 is 2.14 bits per heavy atom. The zero-order valence-electron chi connectivity index (χ0n) is 17.0. The first-order chi connectivity index (χ1) is 14.0. The zero-order chi connectivity index (χ0) is 20.1. The van der Waals surface area contributed by atoms with E-state index in [1.165, 1.54) is 0 Å². The number of nitrogens with one attached hydrogen (secondary N) is 1. The second-order valence-corrected chi connectivity index (χ2v) is 8.31. The third-order valence-electron chi connectivity index (χ3n) is 6.19. The molecule has 8 nitrogen and oxygen atoms in total. The highest BCUT2D eigenvalue weighted by atomic mass is 16.5. The minimum absolute atomic E-state index is 0.0619. The first-order valence-electron chi connectivity index (χ1n) is 10.2. The van der Waals surface area contributed by atoms with Gasteiger partial charge in [-0.25, -0.2) is 4.52 Å². The molecule has 1 N–H and O–H groups in total. The van der Waals surface area contributed by atoms with Crippen molar-refractivity contribution in [1.82, 2.24) is 24.3 Å². The summed E-state index contributed by atoms with van der Waals surface area (Å²) in [5.74, 6) is 2.14. The summed E-state index contributed by atoms with van der Waals surface area (Å²) in [5.41, 5.74) is 2.86. The van der Waals surface area contributed by atoms with Gasteiger partial charge in [0.05, 0.1) is 18.3 Å². The third kappa shape index (κ3) is 3.37. The molecular weight excluding hydrogens is 368 g/mol. The van der Waals surface area contributed by atoms with Crippen LogP contribution in [0.25, 0.3) is 16.8 Å². The Morgan fingerprint density at radius 1 is 1.31 bits per heavy atom. The van der Waals surface area contributed by atoms with Crippen LogP contribution in [0.2, 0.25) is 0 Å². The molecule has 3 aromatic rings. The van der Waals surface area contributed by atoms with E-state index in [2.05, 4.69) is 34.4 Å². The molecule has 8 heteroatoms. The van der Waals surface area contributed by atoms with Crippen molar-refractivity contribution in [3.8, 4) is 17.0 Å². The smallest absolute Gasteiger partial charge is 0.228 e. The molecule has 1 saturated carbocycles. The Kier molecular flexibility index (Phi) is 4.31. The maximum Gasteiger partial charge on any atom is 0.228 e. The van der Waals surface area contributed by atoms with Gasteiger partial charge < -0.3 is 15.0 Å². The van der Waals surface area contributed by atoms with Gasteiger partial charge in [-0.1, -0.05) is 0 Å². The lowest BCUT2D eigenvalue weighted by Gasteiger charge is -2.43. The largest absolute Gasteiger partial charge is 0.489 e. The van der Waals surface area contributed by atoms with E-state index >= 15 is 0 Å². The van der Waals surface area contributed by atoms with Crippen LogP contribution in [-0.2, 0) is 11.8 Å². The number of anilines is 1. The van der Waals surface area contributed by atoms with Gasteiger partial charge in [0.15, 0.2) is 11.6 Å². The summed E-state index contributed by atoms with van der Waals surface area (Å²) in [5, 5.41) is 11.8. The highest BCUT2D eigenvalue weighted by molar-refractivity contribution is 5.93. The van der Waals surface area contributed by atoms with E-state index in [1.807, 2.05) is 36.1 Å². The average molecular weight is 394 g/mol. The molecule has 1 aliphatic carbocycles. The monoisotopic (exact) mass is 394 g/mol. The third-order valence-corrected chi connectivity index (χ3v) is 6.19. The summed E-state index contributed by atoms with van der Waals surface area (Å²) in [6.07, 6.45) is 5.63. The van der Waals surface area contributed by atoms with Crippen LogP contribution in [0.15, 0.2) is 30.6 Å². The lowest BCUT2D eigenvalue weighted by atomic mass is 9.92. The van der Waals surface area contributed by atoms with E-state index < -0.39 is 0 Å². The Labute approximate surface area is 169 Å². The van der Waals surface area contributed by atoms with Crippen molar-refractivity contribution >= 4 is 17.2 Å². The SMILES string of the molecule is C[C@@H]1[C@@H](COc2cnn(C)c2-c2ccn3nc(NC(=O)C4CC4)cc3c2)CN1C. The van der Waals surface area contributed by atoms with Gasteiger partial charge in [0.1, 0.15) is 5.69 Å². The minimum atomic E-state index is 0.0619. The summed E-state index contributed by atoms with van der Waals surface area (Å²) in [6, 6.07) is 6.48. The number of carbonyl (C=O) groups is 1. The lowest BCUT2D eigenvalue weighted by Crippen LogP contribution is -2.54. The van der Waals surface area contributed by atoms with Crippen LogP contribution in [0.5, 0.6) is 5.75 Å². The fourth-order valence-electron chi connectivity index (χ4n) is 3.93. The van der Waals surface area contributed by atoms with E-state index in [-0.39, 0.29) is 11.8 Å². The molecule has 152 valence electrons. The highest BCUT2D eigenvalue weighted by Gasteiger charge is 2.33. The number of hydrogen-bond donors (Lipinski definition) is 1. The molecule has 2 aliphatic rings. The number of amides is 1. The van der Waals surface area contributed by atoms with Gasteiger partial charge in [-0.3, -0.25) is 9.48 Å². The molecule has 0 aromatic carbocycles. The van der Waals surface area contributed by atoms with E-state index in [0.29, 0.717) is 24.4 Å². The van der Waals surface area contributed by atoms with E-state index in [0.717, 1.165) is 41.9 Å². The fraction of sp³-hybridized carbons (Fsp3) is 0.476. The number of rotatable bonds is 6. The van der Waals surface area contributed by atoms with Crippen LogP contribution in [0, 0.1) is 11.8 Å². The van der Waals surface area contributed by atoms with Gasteiger partial charge in [-0.15, -0.1) is 0 Å². The van der Waals surface area contributed by atoms with E-state index in [4.69, 9.17) is 4.74 Å². The first kappa shape index (κ1) is 18.2. The second kappa shape index (κ2) is 6.88. The topological polar surface area (TPSA) is 76.7 Å².